The molecule has 2 heterocycles. The van der Waals surface area contributed by atoms with Gasteiger partial charge in [0, 0.05) is 30.7 Å². The molecule has 0 bridgehead atoms. The van der Waals surface area contributed by atoms with Crippen LogP contribution in [0.2, 0.25) is 5.02 Å². The first-order valence-electron chi connectivity index (χ1n) is 6.98. The molecule has 1 aromatic carbocycles. The monoisotopic (exact) mass is 300 g/mol. The van der Waals surface area contributed by atoms with Crippen LogP contribution < -0.4 is 5.32 Å². The van der Waals surface area contributed by atoms with E-state index in [1.807, 2.05) is 40.9 Å². The SMILES string of the molecule is Cc1cc(Cl)ccc1CNCCc1nnc2ccccn12. The van der Waals surface area contributed by atoms with E-state index in [0.29, 0.717) is 0 Å². The van der Waals surface area contributed by atoms with Crippen LogP contribution in [0.15, 0.2) is 42.6 Å². The summed E-state index contributed by atoms with van der Waals surface area (Å²) in [6.45, 7) is 3.77. The van der Waals surface area contributed by atoms with E-state index in [4.69, 9.17) is 11.6 Å². The third-order valence-electron chi connectivity index (χ3n) is 3.53. The predicted octanol–water partition coefficient (Wildman–Crippen LogP) is 3.02. The number of nitrogens with one attached hydrogen (secondary N) is 1. The lowest BCUT2D eigenvalue weighted by atomic mass is 10.1. The Labute approximate surface area is 128 Å². The Bertz CT molecular complexity index is 751. The fourth-order valence-electron chi connectivity index (χ4n) is 2.34. The van der Waals surface area contributed by atoms with E-state index < -0.39 is 0 Å². The highest BCUT2D eigenvalue weighted by Gasteiger charge is 2.04. The highest BCUT2D eigenvalue weighted by Crippen LogP contribution is 2.14. The molecule has 0 aliphatic heterocycles. The number of pyridine rings is 1. The molecule has 0 amide bonds. The van der Waals surface area contributed by atoms with Crippen molar-refractivity contribution < 1.29 is 0 Å². The second-order valence-electron chi connectivity index (χ2n) is 5.04. The molecule has 0 aliphatic carbocycles. The Morgan fingerprint density at radius 3 is 2.95 bits per heavy atom. The van der Waals surface area contributed by atoms with Gasteiger partial charge in [0.25, 0.3) is 0 Å². The molecule has 0 atom stereocenters. The molecule has 2 aromatic heterocycles. The van der Waals surface area contributed by atoms with Crippen LogP contribution in [-0.2, 0) is 13.0 Å². The zero-order valence-electron chi connectivity index (χ0n) is 11.9. The summed E-state index contributed by atoms with van der Waals surface area (Å²) in [5.74, 6) is 0.978. The average Bonchev–Trinajstić information content (AvgIpc) is 2.89. The van der Waals surface area contributed by atoms with Gasteiger partial charge in [0.2, 0.25) is 0 Å². The van der Waals surface area contributed by atoms with Gasteiger partial charge >= 0.3 is 0 Å². The van der Waals surface area contributed by atoms with Gasteiger partial charge < -0.3 is 5.32 Å². The van der Waals surface area contributed by atoms with Crippen molar-refractivity contribution in [2.75, 3.05) is 6.54 Å². The number of hydrogen-bond donors (Lipinski definition) is 1. The lowest BCUT2D eigenvalue weighted by Crippen LogP contribution is -2.18. The molecule has 0 saturated carbocycles. The minimum atomic E-state index is 0.783. The average molecular weight is 301 g/mol. The molecule has 0 aliphatic rings. The molecule has 0 spiro atoms. The van der Waals surface area contributed by atoms with Gasteiger partial charge in [-0.25, -0.2) is 0 Å². The van der Waals surface area contributed by atoms with Crippen molar-refractivity contribution >= 4 is 17.2 Å². The number of aryl methyl sites for hydroxylation is 1. The van der Waals surface area contributed by atoms with Crippen molar-refractivity contribution in [2.45, 2.75) is 19.9 Å². The van der Waals surface area contributed by atoms with Crippen molar-refractivity contribution in [3.8, 4) is 0 Å². The van der Waals surface area contributed by atoms with Crippen LogP contribution in [0.25, 0.3) is 5.65 Å². The topological polar surface area (TPSA) is 42.2 Å². The molecule has 0 saturated heterocycles. The smallest absolute Gasteiger partial charge is 0.160 e. The van der Waals surface area contributed by atoms with Crippen LogP contribution in [0.5, 0.6) is 0 Å². The zero-order chi connectivity index (χ0) is 14.7. The number of fused-ring (bicyclic) bond motifs is 1. The fourth-order valence-corrected chi connectivity index (χ4v) is 2.57. The molecule has 4 nitrogen and oxygen atoms in total. The summed E-state index contributed by atoms with van der Waals surface area (Å²) in [7, 11) is 0. The summed E-state index contributed by atoms with van der Waals surface area (Å²) < 4.78 is 2.02. The van der Waals surface area contributed by atoms with Gasteiger partial charge in [-0.1, -0.05) is 23.7 Å². The Balaban J connectivity index is 1.57. The van der Waals surface area contributed by atoms with E-state index in [2.05, 4.69) is 28.5 Å². The fraction of sp³-hybridized carbons (Fsp3) is 0.250. The quantitative estimate of drug-likeness (QED) is 0.737. The third kappa shape index (κ3) is 3.23. The number of hydrogen-bond acceptors (Lipinski definition) is 3. The Morgan fingerprint density at radius 2 is 2.10 bits per heavy atom. The van der Waals surface area contributed by atoms with Crippen molar-refractivity contribution in [1.82, 2.24) is 19.9 Å². The van der Waals surface area contributed by atoms with Crippen LogP contribution in [0.1, 0.15) is 17.0 Å². The first-order chi connectivity index (χ1) is 10.2. The first kappa shape index (κ1) is 14.0. The minimum Gasteiger partial charge on any atom is -0.312 e. The van der Waals surface area contributed by atoms with E-state index in [0.717, 1.165) is 36.0 Å². The molecule has 1 N–H and O–H groups in total. The molecular weight excluding hydrogens is 284 g/mol. The van der Waals surface area contributed by atoms with Crippen LogP contribution in [0.4, 0.5) is 0 Å². The highest BCUT2D eigenvalue weighted by atomic mass is 35.5. The van der Waals surface area contributed by atoms with Gasteiger partial charge in [-0.05, 0) is 42.3 Å². The number of rotatable bonds is 5. The van der Waals surface area contributed by atoms with Gasteiger partial charge in [-0.2, -0.15) is 0 Å². The predicted molar refractivity (Wildman–Crippen MR) is 84.6 cm³/mol. The molecule has 0 unspecified atom stereocenters. The second-order valence-corrected chi connectivity index (χ2v) is 5.48. The Morgan fingerprint density at radius 1 is 1.19 bits per heavy atom. The standard InChI is InChI=1S/C16H17ClN4/c1-12-10-14(17)6-5-13(12)11-18-8-7-16-20-19-15-4-2-3-9-21(15)16/h2-6,9-10,18H,7-8,11H2,1H3. The van der Waals surface area contributed by atoms with E-state index in [1.54, 1.807) is 0 Å². The highest BCUT2D eigenvalue weighted by molar-refractivity contribution is 6.30. The molecule has 0 fully saturated rings. The maximum absolute atomic E-state index is 5.96. The maximum atomic E-state index is 5.96. The number of nitrogens with zero attached hydrogens (tertiary/aromatic N) is 3. The van der Waals surface area contributed by atoms with Gasteiger partial charge in [0.1, 0.15) is 5.82 Å². The van der Waals surface area contributed by atoms with Crippen molar-refractivity contribution in [2.24, 2.45) is 0 Å². The van der Waals surface area contributed by atoms with Gasteiger partial charge in [-0.3, -0.25) is 4.40 Å². The zero-order valence-corrected chi connectivity index (χ0v) is 12.6. The third-order valence-corrected chi connectivity index (χ3v) is 3.76. The normalized spacial score (nSPS) is 11.1. The van der Waals surface area contributed by atoms with Crippen LogP contribution in [0, 0.1) is 6.92 Å². The second kappa shape index (κ2) is 6.24. The summed E-state index contributed by atoms with van der Waals surface area (Å²) in [5, 5.41) is 12.6. The lowest BCUT2D eigenvalue weighted by Gasteiger charge is -2.07. The number of benzene rings is 1. The van der Waals surface area contributed by atoms with Crippen LogP contribution in [0.3, 0.4) is 0 Å². The summed E-state index contributed by atoms with van der Waals surface area (Å²) >= 11 is 5.96. The summed E-state index contributed by atoms with van der Waals surface area (Å²) in [6, 6.07) is 11.9. The Kier molecular flexibility index (Phi) is 4.18. The molecule has 108 valence electrons. The van der Waals surface area contributed by atoms with Crippen molar-refractivity contribution in [3.05, 3.63) is 64.6 Å². The number of aromatic nitrogens is 3. The van der Waals surface area contributed by atoms with Crippen LogP contribution in [-0.4, -0.2) is 21.1 Å². The summed E-state index contributed by atoms with van der Waals surface area (Å²) in [5.41, 5.74) is 3.37. The first-order valence-corrected chi connectivity index (χ1v) is 7.36. The molecule has 3 rings (SSSR count). The van der Waals surface area contributed by atoms with E-state index in [1.165, 1.54) is 11.1 Å². The van der Waals surface area contributed by atoms with Crippen molar-refractivity contribution in [3.63, 3.8) is 0 Å². The summed E-state index contributed by atoms with van der Waals surface area (Å²) in [6.07, 6.45) is 2.84. The van der Waals surface area contributed by atoms with Crippen LogP contribution >= 0.6 is 11.6 Å². The lowest BCUT2D eigenvalue weighted by molar-refractivity contribution is 0.665. The van der Waals surface area contributed by atoms with E-state index in [-0.39, 0.29) is 0 Å². The molecule has 3 aromatic rings. The van der Waals surface area contributed by atoms with E-state index >= 15 is 0 Å². The molecular formula is C16H17ClN4. The van der Waals surface area contributed by atoms with E-state index in [9.17, 15) is 0 Å². The largest absolute Gasteiger partial charge is 0.312 e. The van der Waals surface area contributed by atoms with Crippen molar-refractivity contribution in [1.29, 1.82) is 0 Å². The van der Waals surface area contributed by atoms with Gasteiger partial charge in [0.05, 0.1) is 0 Å². The van der Waals surface area contributed by atoms with Gasteiger partial charge in [-0.15, -0.1) is 10.2 Å². The molecule has 5 heteroatoms. The maximum Gasteiger partial charge on any atom is 0.160 e. The Hall–Kier alpha value is -1.91. The van der Waals surface area contributed by atoms with Gasteiger partial charge in [0.15, 0.2) is 5.65 Å². The molecule has 0 radical (unpaired) electrons. The number of halogens is 1. The minimum absolute atomic E-state index is 0.783. The summed E-state index contributed by atoms with van der Waals surface area (Å²) in [4.78, 5) is 0. The molecule has 21 heavy (non-hydrogen) atoms.